The van der Waals surface area contributed by atoms with E-state index in [9.17, 15) is 0 Å². The summed E-state index contributed by atoms with van der Waals surface area (Å²) in [5.74, 6) is 0.668. The largest absolute Gasteiger partial charge is 0.365 e. The lowest BCUT2D eigenvalue weighted by Crippen LogP contribution is -1.92. The molecule has 1 aromatic carbocycles. The van der Waals surface area contributed by atoms with Gasteiger partial charge in [0.2, 0.25) is 0 Å². The van der Waals surface area contributed by atoms with Crippen molar-refractivity contribution in [2.24, 2.45) is 0 Å². The van der Waals surface area contributed by atoms with Crippen LogP contribution in [0.25, 0.3) is 0 Å². The Morgan fingerprint density at radius 1 is 1.29 bits per heavy atom. The summed E-state index contributed by atoms with van der Waals surface area (Å²) in [7, 11) is 0. The van der Waals surface area contributed by atoms with Gasteiger partial charge in [0.05, 0.1) is 6.10 Å². The minimum atomic E-state index is 0.362. The van der Waals surface area contributed by atoms with Crippen LogP contribution in [-0.2, 0) is 4.74 Å². The lowest BCUT2D eigenvalue weighted by Gasteiger charge is -2.08. The van der Waals surface area contributed by atoms with E-state index in [4.69, 9.17) is 4.74 Å². The molecule has 0 aliphatic carbocycles. The molecule has 1 nitrogen and oxygen atoms in total. The number of ether oxygens (including phenoxy) is 1. The minimum Gasteiger partial charge on any atom is -0.365 e. The van der Waals surface area contributed by atoms with Crippen LogP contribution in [0.5, 0.6) is 0 Å². The second kappa shape index (κ2) is 3.74. The highest BCUT2D eigenvalue weighted by atomic mass is 16.6. The van der Waals surface area contributed by atoms with E-state index in [1.807, 2.05) is 0 Å². The van der Waals surface area contributed by atoms with Gasteiger partial charge in [-0.25, -0.2) is 0 Å². The zero-order chi connectivity index (χ0) is 10.1. The molecular weight excluding hydrogens is 172 g/mol. The Labute approximate surface area is 86.1 Å². The van der Waals surface area contributed by atoms with E-state index in [1.165, 1.54) is 17.5 Å². The summed E-state index contributed by atoms with van der Waals surface area (Å²) in [5.41, 5.74) is 2.76. The van der Waals surface area contributed by atoms with Crippen LogP contribution in [0, 0.1) is 0 Å². The molecule has 1 fully saturated rings. The first-order valence-corrected chi connectivity index (χ1v) is 5.47. The monoisotopic (exact) mass is 190 g/mol. The average Bonchev–Trinajstić information content (AvgIpc) is 2.95. The first kappa shape index (κ1) is 9.72. The summed E-state index contributed by atoms with van der Waals surface area (Å²) >= 11 is 0. The SMILES string of the molecule is CCC(C)c1ccc(C2OC2C)cc1. The van der Waals surface area contributed by atoms with Gasteiger partial charge in [0, 0.05) is 0 Å². The second-order valence-electron chi connectivity index (χ2n) is 4.24. The molecule has 0 aromatic heterocycles. The number of hydrogen-bond donors (Lipinski definition) is 0. The van der Waals surface area contributed by atoms with Crippen LogP contribution in [0.4, 0.5) is 0 Å². The standard InChI is InChI=1S/C13H18O/c1-4-9(2)11-5-7-12(8-6-11)13-10(3)14-13/h5-10,13H,4H2,1-3H3. The molecule has 14 heavy (non-hydrogen) atoms. The van der Waals surface area contributed by atoms with Crippen molar-refractivity contribution < 1.29 is 4.74 Å². The van der Waals surface area contributed by atoms with Crippen molar-refractivity contribution >= 4 is 0 Å². The molecule has 0 saturated carbocycles. The predicted molar refractivity (Wildman–Crippen MR) is 58.4 cm³/mol. The van der Waals surface area contributed by atoms with E-state index >= 15 is 0 Å². The fourth-order valence-corrected chi connectivity index (χ4v) is 1.79. The summed E-state index contributed by atoms with van der Waals surface area (Å²) in [6.07, 6.45) is 1.99. The summed E-state index contributed by atoms with van der Waals surface area (Å²) < 4.78 is 5.43. The van der Waals surface area contributed by atoms with Crippen molar-refractivity contribution in [1.82, 2.24) is 0 Å². The van der Waals surface area contributed by atoms with Crippen LogP contribution >= 0.6 is 0 Å². The predicted octanol–water partition coefficient (Wildman–Crippen LogP) is 3.66. The molecule has 0 spiro atoms. The Balaban J connectivity index is 2.10. The normalized spacial score (nSPS) is 27.4. The molecule has 0 bridgehead atoms. The smallest absolute Gasteiger partial charge is 0.109 e. The fourth-order valence-electron chi connectivity index (χ4n) is 1.79. The molecule has 0 radical (unpaired) electrons. The van der Waals surface area contributed by atoms with E-state index in [2.05, 4.69) is 45.0 Å². The molecular formula is C13H18O. The Kier molecular flexibility index (Phi) is 2.60. The summed E-state index contributed by atoms with van der Waals surface area (Å²) in [5, 5.41) is 0. The van der Waals surface area contributed by atoms with Gasteiger partial charge in [-0.05, 0) is 30.4 Å². The molecule has 3 unspecified atom stereocenters. The van der Waals surface area contributed by atoms with E-state index in [1.54, 1.807) is 0 Å². The summed E-state index contributed by atoms with van der Waals surface area (Å²) in [6, 6.07) is 8.88. The van der Waals surface area contributed by atoms with Crippen LogP contribution in [0.1, 0.15) is 50.3 Å². The van der Waals surface area contributed by atoms with Crippen LogP contribution in [-0.4, -0.2) is 6.10 Å². The van der Waals surface area contributed by atoms with Crippen LogP contribution in [0.15, 0.2) is 24.3 Å². The van der Waals surface area contributed by atoms with Gasteiger partial charge >= 0.3 is 0 Å². The maximum Gasteiger partial charge on any atom is 0.109 e. The second-order valence-corrected chi connectivity index (χ2v) is 4.24. The van der Waals surface area contributed by atoms with Crippen molar-refractivity contribution in [2.75, 3.05) is 0 Å². The molecule has 1 aliphatic rings. The van der Waals surface area contributed by atoms with Crippen molar-refractivity contribution in [2.45, 2.75) is 45.3 Å². The Morgan fingerprint density at radius 2 is 1.86 bits per heavy atom. The third-order valence-electron chi connectivity index (χ3n) is 3.16. The molecule has 1 saturated heterocycles. The highest BCUT2D eigenvalue weighted by molar-refractivity contribution is 5.28. The number of epoxide rings is 1. The van der Waals surface area contributed by atoms with Gasteiger partial charge in [0.15, 0.2) is 0 Å². The average molecular weight is 190 g/mol. The number of benzene rings is 1. The molecule has 1 aromatic rings. The van der Waals surface area contributed by atoms with E-state index in [0.717, 1.165) is 0 Å². The minimum absolute atomic E-state index is 0.362. The van der Waals surface area contributed by atoms with E-state index in [0.29, 0.717) is 18.1 Å². The summed E-state index contributed by atoms with van der Waals surface area (Å²) in [6.45, 7) is 6.61. The lowest BCUT2D eigenvalue weighted by molar-refractivity contribution is 0.383. The quantitative estimate of drug-likeness (QED) is 0.663. The molecule has 1 aliphatic heterocycles. The number of hydrogen-bond acceptors (Lipinski definition) is 1. The first-order valence-electron chi connectivity index (χ1n) is 5.47. The lowest BCUT2D eigenvalue weighted by atomic mass is 9.97. The highest BCUT2D eigenvalue weighted by Gasteiger charge is 2.35. The molecule has 76 valence electrons. The van der Waals surface area contributed by atoms with Gasteiger partial charge in [0.25, 0.3) is 0 Å². The maximum absolute atomic E-state index is 5.43. The zero-order valence-electron chi connectivity index (χ0n) is 9.16. The Hall–Kier alpha value is -0.820. The van der Waals surface area contributed by atoms with E-state index < -0.39 is 0 Å². The maximum atomic E-state index is 5.43. The van der Waals surface area contributed by atoms with E-state index in [-0.39, 0.29) is 0 Å². The van der Waals surface area contributed by atoms with Crippen LogP contribution in [0.3, 0.4) is 0 Å². The topological polar surface area (TPSA) is 12.5 Å². The third kappa shape index (κ3) is 1.83. The van der Waals surface area contributed by atoms with Crippen molar-refractivity contribution in [1.29, 1.82) is 0 Å². The zero-order valence-corrected chi connectivity index (χ0v) is 9.16. The Bertz CT molecular complexity index is 279. The van der Waals surface area contributed by atoms with Gasteiger partial charge in [-0.1, -0.05) is 38.1 Å². The molecule has 1 heterocycles. The molecule has 2 rings (SSSR count). The van der Waals surface area contributed by atoms with Gasteiger partial charge in [-0.3, -0.25) is 0 Å². The Morgan fingerprint density at radius 3 is 2.29 bits per heavy atom. The molecule has 0 amide bonds. The summed E-state index contributed by atoms with van der Waals surface area (Å²) in [4.78, 5) is 0. The molecule has 1 heteroatoms. The van der Waals surface area contributed by atoms with Gasteiger partial charge < -0.3 is 4.74 Å². The van der Waals surface area contributed by atoms with Gasteiger partial charge in [0.1, 0.15) is 6.10 Å². The fraction of sp³-hybridized carbons (Fsp3) is 0.538. The highest BCUT2D eigenvalue weighted by Crippen LogP contribution is 2.38. The first-order chi connectivity index (χ1) is 6.72. The van der Waals surface area contributed by atoms with Crippen molar-refractivity contribution in [3.63, 3.8) is 0 Å². The molecule has 3 atom stereocenters. The number of rotatable bonds is 3. The van der Waals surface area contributed by atoms with Crippen LogP contribution in [0.2, 0.25) is 0 Å². The van der Waals surface area contributed by atoms with Crippen molar-refractivity contribution in [3.8, 4) is 0 Å². The van der Waals surface area contributed by atoms with Gasteiger partial charge in [-0.2, -0.15) is 0 Å². The van der Waals surface area contributed by atoms with Gasteiger partial charge in [-0.15, -0.1) is 0 Å². The van der Waals surface area contributed by atoms with Crippen LogP contribution < -0.4 is 0 Å². The third-order valence-corrected chi connectivity index (χ3v) is 3.16. The van der Waals surface area contributed by atoms with Crippen molar-refractivity contribution in [3.05, 3.63) is 35.4 Å². The molecule has 0 N–H and O–H groups in total.